The minimum absolute atomic E-state index is 0.00154. The van der Waals surface area contributed by atoms with E-state index in [1.165, 1.54) is 25.3 Å². The molecule has 4 aromatic carbocycles. The molecule has 4 rings (SSSR count). The van der Waals surface area contributed by atoms with Gasteiger partial charge in [-0.25, -0.2) is 9.59 Å². The van der Waals surface area contributed by atoms with Crippen LogP contribution in [-0.4, -0.2) is 29.9 Å². The number of ketones is 1. The highest BCUT2D eigenvalue weighted by atomic mass is 16.5. The quantitative estimate of drug-likeness (QED) is 0.181. The maximum Gasteiger partial charge on any atom is 0.343 e. The molecule has 0 fully saturated rings. The van der Waals surface area contributed by atoms with Gasteiger partial charge in [0, 0.05) is 6.42 Å². The third-order valence-electron chi connectivity index (χ3n) is 5.58. The highest BCUT2D eigenvalue weighted by molar-refractivity contribution is 6.04. The maximum atomic E-state index is 13.4. The third-order valence-corrected chi connectivity index (χ3v) is 5.58. The monoisotopic (exact) mass is 496 g/mol. The molecule has 0 spiro atoms. The molecule has 0 aromatic heterocycles. The zero-order valence-corrected chi connectivity index (χ0v) is 20.0. The zero-order valence-electron chi connectivity index (χ0n) is 20.0. The number of Topliss-reactive ketones (excluding diaryl/α,β-unsaturated/α-hetero) is 1. The Balaban J connectivity index is 1.63. The highest BCUT2D eigenvalue weighted by Crippen LogP contribution is 2.32. The molecule has 0 unspecified atom stereocenters. The molecule has 0 aliphatic carbocycles. The van der Waals surface area contributed by atoms with E-state index in [1.807, 2.05) is 0 Å². The van der Waals surface area contributed by atoms with E-state index < -0.39 is 17.7 Å². The molecule has 0 saturated carbocycles. The second kappa shape index (κ2) is 11.7. The third kappa shape index (κ3) is 6.21. The van der Waals surface area contributed by atoms with Crippen molar-refractivity contribution in [3.63, 3.8) is 0 Å². The van der Waals surface area contributed by atoms with Crippen LogP contribution < -0.4 is 14.2 Å². The van der Waals surface area contributed by atoms with Gasteiger partial charge in [-0.15, -0.1) is 0 Å². The van der Waals surface area contributed by atoms with Crippen molar-refractivity contribution in [1.82, 2.24) is 0 Å². The molecular weight excluding hydrogens is 472 g/mol. The van der Waals surface area contributed by atoms with Crippen LogP contribution >= 0.6 is 0 Å². The summed E-state index contributed by atoms with van der Waals surface area (Å²) in [6, 6.07) is 26.1. The second-order valence-electron chi connectivity index (χ2n) is 8.07. The van der Waals surface area contributed by atoms with Gasteiger partial charge in [-0.1, -0.05) is 48.5 Å². The van der Waals surface area contributed by atoms with Gasteiger partial charge >= 0.3 is 11.9 Å². The predicted octanol–water partition coefficient (Wildman–Crippen LogP) is 5.65. The number of carbonyl (C=O) groups is 3. The number of phenolic OH excluding ortho intramolecular Hbond substituents is 1. The Kier molecular flexibility index (Phi) is 7.95. The number of esters is 2. The van der Waals surface area contributed by atoms with Crippen LogP contribution in [0.2, 0.25) is 0 Å². The number of rotatable bonds is 9. The molecule has 0 radical (unpaired) electrons. The smallest absolute Gasteiger partial charge is 0.343 e. The van der Waals surface area contributed by atoms with Gasteiger partial charge in [0.05, 0.1) is 18.2 Å². The molecule has 0 atom stereocenters. The summed E-state index contributed by atoms with van der Waals surface area (Å²) in [6.07, 6.45) is 0.283. The molecule has 7 nitrogen and oxygen atoms in total. The number of hydrogen-bond acceptors (Lipinski definition) is 7. The lowest BCUT2D eigenvalue weighted by atomic mass is 10.0. The predicted molar refractivity (Wildman–Crippen MR) is 137 cm³/mol. The number of benzene rings is 4. The molecule has 0 bridgehead atoms. The van der Waals surface area contributed by atoms with Crippen molar-refractivity contribution in [2.75, 3.05) is 7.11 Å². The van der Waals surface area contributed by atoms with E-state index in [0.29, 0.717) is 22.4 Å². The number of methoxy groups -OCH3 is 1. The van der Waals surface area contributed by atoms with E-state index in [4.69, 9.17) is 14.2 Å². The van der Waals surface area contributed by atoms with Crippen LogP contribution in [0.25, 0.3) is 0 Å². The van der Waals surface area contributed by atoms with E-state index in [-0.39, 0.29) is 35.7 Å². The Morgan fingerprint density at radius 1 is 0.676 bits per heavy atom. The van der Waals surface area contributed by atoms with Gasteiger partial charge in [0.15, 0.2) is 17.3 Å². The lowest BCUT2D eigenvalue weighted by Crippen LogP contribution is -2.15. The fourth-order valence-corrected chi connectivity index (χ4v) is 3.70. The van der Waals surface area contributed by atoms with E-state index in [0.717, 1.165) is 0 Å². The first kappa shape index (κ1) is 25.2. The summed E-state index contributed by atoms with van der Waals surface area (Å²) >= 11 is 0. The Labute approximate surface area is 213 Å². The number of ether oxygens (including phenoxy) is 3. The zero-order chi connectivity index (χ0) is 26.2. The normalized spacial score (nSPS) is 10.4. The van der Waals surface area contributed by atoms with Crippen LogP contribution in [0, 0.1) is 0 Å². The molecule has 4 aromatic rings. The average molecular weight is 497 g/mol. The standard InChI is InChI=1S/C30H24O7/c1-35-25-18-16-20(19-24(25)32)15-17-23(31)28-26(36-29(33)21-9-4-2-5-10-21)13-8-14-27(28)37-30(34)22-11-6-3-7-12-22/h2-14,16,18-19,32H,15,17H2,1H3. The average Bonchev–Trinajstić information content (AvgIpc) is 2.93. The Hall–Kier alpha value is -4.91. The molecule has 7 heteroatoms. The van der Waals surface area contributed by atoms with Crippen molar-refractivity contribution in [1.29, 1.82) is 0 Å². The van der Waals surface area contributed by atoms with E-state index >= 15 is 0 Å². The van der Waals surface area contributed by atoms with Crippen LogP contribution in [0.4, 0.5) is 0 Å². The summed E-state index contributed by atoms with van der Waals surface area (Å²) in [5.41, 5.74) is 1.30. The minimum Gasteiger partial charge on any atom is -0.504 e. The summed E-state index contributed by atoms with van der Waals surface area (Å²) in [5.74, 6) is -1.46. The SMILES string of the molecule is COc1ccc(CCC(=O)c2c(OC(=O)c3ccccc3)cccc2OC(=O)c2ccccc2)cc1O. The van der Waals surface area contributed by atoms with Crippen LogP contribution in [0.3, 0.4) is 0 Å². The van der Waals surface area contributed by atoms with Crippen LogP contribution in [0.5, 0.6) is 23.0 Å². The Morgan fingerprint density at radius 3 is 1.70 bits per heavy atom. The van der Waals surface area contributed by atoms with Crippen molar-refractivity contribution >= 4 is 17.7 Å². The van der Waals surface area contributed by atoms with Gasteiger partial charge in [0.2, 0.25) is 0 Å². The summed E-state index contributed by atoms with van der Waals surface area (Å²) in [6.45, 7) is 0. The van der Waals surface area contributed by atoms with Crippen molar-refractivity contribution < 1.29 is 33.7 Å². The molecule has 0 heterocycles. The van der Waals surface area contributed by atoms with Crippen molar-refractivity contribution in [2.24, 2.45) is 0 Å². The lowest BCUT2D eigenvalue weighted by molar-refractivity contribution is 0.0728. The molecule has 0 saturated heterocycles. The summed E-state index contributed by atoms with van der Waals surface area (Å²) in [7, 11) is 1.45. The molecule has 0 amide bonds. The van der Waals surface area contributed by atoms with Gasteiger partial charge in [-0.05, 0) is 60.5 Å². The van der Waals surface area contributed by atoms with Crippen LogP contribution in [0.15, 0.2) is 97.1 Å². The number of aromatic hydroxyl groups is 1. The first-order chi connectivity index (χ1) is 18.0. The molecular formula is C30H24O7. The van der Waals surface area contributed by atoms with Crippen LogP contribution in [-0.2, 0) is 6.42 Å². The Bertz CT molecular complexity index is 1340. The lowest BCUT2D eigenvalue weighted by Gasteiger charge is -2.14. The van der Waals surface area contributed by atoms with E-state index in [2.05, 4.69) is 0 Å². The van der Waals surface area contributed by atoms with Gasteiger partial charge < -0.3 is 19.3 Å². The summed E-state index contributed by atoms with van der Waals surface area (Å²) in [5, 5.41) is 10.1. The first-order valence-corrected chi connectivity index (χ1v) is 11.5. The largest absolute Gasteiger partial charge is 0.504 e. The molecule has 37 heavy (non-hydrogen) atoms. The minimum atomic E-state index is -0.652. The molecule has 1 N–H and O–H groups in total. The first-order valence-electron chi connectivity index (χ1n) is 11.5. The number of hydrogen-bond donors (Lipinski definition) is 1. The number of aryl methyl sites for hydroxylation is 1. The molecule has 0 aliphatic rings. The van der Waals surface area contributed by atoms with Crippen molar-refractivity contribution in [2.45, 2.75) is 12.8 Å². The maximum absolute atomic E-state index is 13.4. The van der Waals surface area contributed by atoms with Crippen molar-refractivity contribution in [3.8, 4) is 23.0 Å². The number of carbonyl (C=O) groups excluding carboxylic acids is 3. The molecule has 0 aliphatic heterocycles. The van der Waals surface area contributed by atoms with E-state index in [1.54, 1.807) is 78.9 Å². The van der Waals surface area contributed by atoms with Gasteiger partial charge in [0.25, 0.3) is 0 Å². The van der Waals surface area contributed by atoms with Gasteiger partial charge in [-0.2, -0.15) is 0 Å². The summed E-state index contributed by atoms with van der Waals surface area (Å²) in [4.78, 5) is 38.9. The van der Waals surface area contributed by atoms with Crippen molar-refractivity contribution in [3.05, 3.63) is 119 Å². The van der Waals surface area contributed by atoms with Crippen LogP contribution in [0.1, 0.15) is 43.1 Å². The summed E-state index contributed by atoms with van der Waals surface area (Å²) < 4.78 is 16.2. The fourth-order valence-electron chi connectivity index (χ4n) is 3.70. The Morgan fingerprint density at radius 2 is 1.22 bits per heavy atom. The van der Waals surface area contributed by atoms with Gasteiger partial charge in [-0.3, -0.25) is 4.79 Å². The molecule has 186 valence electrons. The second-order valence-corrected chi connectivity index (χ2v) is 8.07. The topological polar surface area (TPSA) is 99.1 Å². The fraction of sp³-hybridized carbons (Fsp3) is 0.100. The highest BCUT2D eigenvalue weighted by Gasteiger charge is 2.23. The number of phenols is 1. The van der Waals surface area contributed by atoms with Gasteiger partial charge in [0.1, 0.15) is 17.1 Å². The van der Waals surface area contributed by atoms with E-state index in [9.17, 15) is 19.5 Å².